The van der Waals surface area contributed by atoms with Crippen molar-refractivity contribution < 1.29 is 4.42 Å². The van der Waals surface area contributed by atoms with Gasteiger partial charge in [0.1, 0.15) is 23.2 Å². The van der Waals surface area contributed by atoms with Crippen LogP contribution in [0.25, 0.3) is 84.5 Å². The third-order valence-corrected chi connectivity index (χ3v) is 13.4. The van der Waals surface area contributed by atoms with Gasteiger partial charge in [0.15, 0.2) is 5.84 Å². The van der Waals surface area contributed by atoms with Crippen LogP contribution in [-0.4, -0.2) is 11.7 Å². The van der Waals surface area contributed by atoms with Crippen LogP contribution in [0, 0.1) is 0 Å². The molecule has 268 valence electrons. The number of amidine groups is 2. The van der Waals surface area contributed by atoms with Gasteiger partial charge in [0.25, 0.3) is 0 Å². The van der Waals surface area contributed by atoms with E-state index in [0.29, 0.717) is 5.84 Å². The normalized spacial score (nSPS) is 14.5. The Bertz CT molecular complexity index is 3450. The van der Waals surface area contributed by atoms with Crippen molar-refractivity contribution in [2.75, 3.05) is 0 Å². The van der Waals surface area contributed by atoms with Crippen molar-refractivity contribution in [2.24, 2.45) is 9.98 Å². The first-order chi connectivity index (χ1) is 28.2. The molecule has 0 spiro atoms. The minimum atomic E-state index is -0.281. The first-order valence-corrected chi connectivity index (χ1v) is 20.7. The van der Waals surface area contributed by atoms with Crippen molar-refractivity contribution in [3.8, 4) is 22.3 Å². The van der Waals surface area contributed by atoms with Crippen molar-refractivity contribution in [2.45, 2.75) is 6.17 Å². The average Bonchev–Trinajstić information content (AvgIpc) is 3.97. The summed E-state index contributed by atoms with van der Waals surface area (Å²) in [6.45, 7) is 0. The van der Waals surface area contributed by atoms with Crippen LogP contribution in [0.4, 0.5) is 0 Å². The molecule has 0 fully saturated rings. The molecule has 4 heterocycles. The van der Waals surface area contributed by atoms with Gasteiger partial charge in [-0.3, -0.25) is 0 Å². The van der Waals surface area contributed by atoms with Crippen LogP contribution < -0.4 is 5.32 Å². The molecule has 1 N–H and O–H groups in total. The number of aliphatic imine (C=N–C) groups is 2. The molecular weight excluding hydrogens is 735 g/mol. The van der Waals surface area contributed by atoms with E-state index in [2.05, 4.69) is 157 Å². The highest BCUT2D eigenvalue weighted by molar-refractivity contribution is 7.26. The summed E-state index contributed by atoms with van der Waals surface area (Å²) in [6.07, 6.45) is -0.281. The van der Waals surface area contributed by atoms with Gasteiger partial charge in [0.2, 0.25) is 0 Å². The zero-order valence-corrected chi connectivity index (χ0v) is 32.1. The number of rotatable bonds is 5. The lowest BCUT2D eigenvalue weighted by molar-refractivity contribution is 0.669. The SMILES string of the molecule is c1ccc(C2=NC(c3ccccc3)NC(c3ccc4oc5c(-c6ccc7c(c6)sc6ccccc67)cc(-c6ccc7c(c6)sc6ccccc67)cc5c4c3)=N2)cc1. The molecule has 6 heteroatoms. The number of thiophene rings is 2. The number of fused-ring (bicyclic) bond motifs is 9. The molecule has 1 unspecified atom stereocenters. The van der Waals surface area contributed by atoms with Crippen molar-refractivity contribution in [3.05, 3.63) is 193 Å². The van der Waals surface area contributed by atoms with E-state index in [1.54, 1.807) is 0 Å². The lowest BCUT2D eigenvalue weighted by atomic mass is 9.94. The molecule has 0 bridgehead atoms. The van der Waals surface area contributed by atoms with Gasteiger partial charge in [-0.15, -0.1) is 22.7 Å². The molecule has 1 atom stereocenters. The molecule has 11 aromatic rings. The molecule has 12 rings (SSSR count). The van der Waals surface area contributed by atoms with Crippen molar-refractivity contribution in [1.82, 2.24) is 5.32 Å². The summed E-state index contributed by atoms with van der Waals surface area (Å²) < 4.78 is 12.0. The van der Waals surface area contributed by atoms with Crippen molar-refractivity contribution >= 4 is 96.6 Å². The van der Waals surface area contributed by atoms with E-state index in [1.807, 2.05) is 46.9 Å². The third-order valence-electron chi connectivity index (χ3n) is 11.1. The van der Waals surface area contributed by atoms with Gasteiger partial charge in [-0.2, -0.15) is 0 Å². The minimum absolute atomic E-state index is 0.281. The zero-order chi connectivity index (χ0) is 37.5. The lowest BCUT2D eigenvalue weighted by Crippen LogP contribution is -2.33. The van der Waals surface area contributed by atoms with Crippen LogP contribution in [-0.2, 0) is 0 Å². The van der Waals surface area contributed by atoms with Crippen LogP contribution >= 0.6 is 22.7 Å². The largest absolute Gasteiger partial charge is 0.455 e. The Morgan fingerprint density at radius 1 is 0.439 bits per heavy atom. The van der Waals surface area contributed by atoms with Gasteiger partial charge in [-0.1, -0.05) is 121 Å². The van der Waals surface area contributed by atoms with Crippen LogP contribution in [0.3, 0.4) is 0 Å². The Morgan fingerprint density at radius 2 is 1.04 bits per heavy atom. The average molecular weight is 766 g/mol. The molecule has 0 radical (unpaired) electrons. The number of furan rings is 1. The summed E-state index contributed by atoms with van der Waals surface area (Å²) >= 11 is 3.69. The van der Waals surface area contributed by atoms with Gasteiger partial charge in [-0.25, -0.2) is 9.98 Å². The fourth-order valence-corrected chi connectivity index (χ4v) is 10.6. The van der Waals surface area contributed by atoms with Gasteiger partial charge in [0, 0.05) is 67.8 Å². The fourth-order valence-electron chi connectivity index (χ4n) is 8.32. The Morgan fingerprint density at radius 3 is 1.77 bits per heavy atom. The highest BCUT2D eigenvalue weighted by atomic mass is 32.1. The lowest BCUT2D eigenvalue weighted by Gasteiger charge is -2.23. The van der Waals surface area contributed by atoms with Gasteiger partial charge in [-0.05, 0) is 76.9 Å². The highest BCUT2D eigenvalue weighted by Crippen LogP contribution is 2.44. The summed E-state index contributed by atoms with van der Waals surface area (Å²) in [5.74, 6) is 1.48. The predicted octanol–water partition coefficient (Wildman–Crippen LogP) is 14.2. The maximum absolute atomic E-state index is 6.85. The first-order valence-electron chi connectivity index (χ1n) is 19.1. The molecule has 0 saturated heterocycles. The summed E-state index contributed by atoms with van der Waals surface area (Å²) in [6, 6.07) is 62.7. The standard InChI is InChI=1S/C51H31N3OS2/c1-3-11-30(12-4-1)49-52-50(31-13-5-2-6-14-31)54-51(53-49)34-21-24-43-41(25-34)42-27-35(32-19-22-38-36-15-7-9-17-44(36)56-46(38)28-32)26-40(48(42)55-43)33-20-23-39-37-16-8-10-18-45(37)57-47(39)29-33/h1-29,49H,(H,52,53,54). The van der Waals surface area contributed by atoms with Gasteiger partial charge in [0.05, 0.1) is 0 Å². The number of benzene rings is 8. The summed E-state index contributed by atoms with van der Waals surface area (Å²) in [4.78, 5) is 10.2. The van der Waals surface area contributed by atoms with E-state index in [9.17, 15) is 0 Å². The van der Waals surface area contributed by atoms with Gasteiger partial charge < -0.3 is 9.73 Å². The number of nitrogens with zero attached hydrogens (tertiary/aromatic N) is 2. The quantitative estimate of drug-likeness (QED) is 0.190. The van der Waals surface area contributed by atoms with E-state index in [4.69, 9.17) is 14.4 Å². The van der Waals surface area contributed by atoms with Crippen LogP contribution in [0.5, 0.6) is 0 Å². The molecular formula is C51H31N3OS2. The maximum Gasteiger partial charge on any atom is 0.159 e. The first kappa shape index (κ1) is 32.4. The van der Waals surface area contributed by atoms with Crippen LogP contribution in [0.15, 0.2) is 190 Å². The number of nitrogens with one attached hydrogen (secondary N) is 1. The van der Waals surface area contributed by atoms with Crippen molar-refractivity contribution in [3.63, 3.8) is 0 Å². The molecule has 0 aliphatic carbocycles. The Kier molecular flexibility index (Phi) is 7.30. The molecule has 0 saturated carbocycles. The van der Waals surface area contributed by atoms with E-state index in [1.165, 1.54) is 45.9 Å². The van der Waals surface area contributed by atoms with Gasteiger partial charge >= 0.3 is 0 Å². The monoisotopic (exact) mass is 765 g/mol. The van der Waals surface area contributed by atoms with Crippen LogP contribution in [0.1, 0.15) is 22.9 Å². The van der Waals surface area contributed by atoms with E-state index in [-0.39, 0.29) is 6.17 Å². The Hall–Kier alpha value is -6.86. The summed E-state index contributed by atoms with van der Waals surface area (Å²) in [5.41, 5.74) is 9.28. The smallest absolute Gasteiger partial charge is 0.159 e. The fraction of sp³-hybridized carbons (Fsp3) is 0.0196. The molecule has 1 aliphatic heterocycles. The second-order valence-corrected chi connectivity index (χ2v) is 16.7. The molecule has 3 aromatic heterocycles. The highest BCUT2D eigenvalue weighted by Gasteiger charge is 2.23. The number of hydrogen-bond acceptors (Lipinski definition) is 6. The van der Waals surface area contributed by atoms with Crippen LogP contribution in [0.2, 0.25) is 0 Å². The third kappa shape index (κ3) is 5.40. The van der Waals surface area contributed by atoms with E-state index in [0.717, 1.165) is 61.2 Å². The molecule has 0 amide bonds. The van der Waals surface area contributed by atoms with E-state index >= 15 is 0 Å². The Labute approximate surface area is 335 Å². The Balaban J connectivity index is 1.06. The maximum atomic E-state index is 6.85. The summed E-state index contributed by atoms with van der Waals surface area (Å²) in [7, 11) is 0. The molecule has 57 heavy (non-hydrogen) atoms. The molecule has 4 nitrogen and oxygen atoms in total. The number of hydrogen-bond donors (Lipinski definition) is 1. The molecule has 8 aromatic carbocycles. The van der Waals surface area contributed by atoms with E-state index < -0.39 is 0 Å². The second kappa shape index (κ2) is 12.8. The topological polar surface area (TPSA) is 49.9 Å². The molecule has 1 aliphatic rings. The second-order valence-electron chi connectivity index (χ2n) is 14.6. The predicted molar refractivity (Wildman–Crippen MR) is 242 cm³/mol. The summed E-state index contributed by atoms with van der Waals surface area (Å²) in [5, 5.41) is 10.9. The zero-order valence-electron chi connectivity index (χ0n) is 30.4. The van der Waals surface area contributed by atoms with Crippen molar-refractivity contribution in [1.29, 1.82) is 0 Å². The minimum Gasteiger partial charge on any atom is -0.455 e.